The lowest BCUT2D eigenvalue weighted by Crippen LogP contribution is -2.41. The highest BCUT2D eigenvalue weighted by atomic mass is 16.5. The highest BCUT2D eigenvalue weighted by Crippen LogP contribution is 2.26. The topological polar surface area (TPSA) is 53.6 Å². The van der Waals surface area contributed by atoms with Crippen LogP contribution < -0.4 is 15.4 Å². The van der Waals surface area contributed by atoms with Gasteiger partial charge in [-0.2, -0.15) is 0 Å². The summed E-state index contributed by atoms with van der Waals surface area (Å²) in [5.74, 6) is 0.850. The molecule has 2 N–H and O–H groups in total. The van der Waals surface area contributed by atoms with Crippen LogP contribution in [0.3, 0.4) is 0 Å². The number of amides is 2. The fourth-order valence-electron chi connectivity index (χ4n) is 3.48. The number of ether oxygens (including phenoxy) is 1. The van der Waals surface area contributed by atoms with Crippen molar-refractivity contribution in [3.05, 3.63) is 65.2 Å². The highest BCUT2D eigenvalue weighted by molar-refractivity contribution is 5.73. The minimum Gasteiger partial charge on any atom is -0.497 e. The first-order valence-corrected chi connectivity index (χ1v) is 9.61. The Hall–Kier alpha value is -2.53. The number of aryl methyl sites for hydroxylation is 1. The van der Waals surface area contributed by atoms with Gasteiger partial charge in [-0.1, -0.05) is 42.0 Å². The zero-order valence-corrected chi connectivity index (χ0v) is 16.2. The van der Waals surface area contributed by atoms with E-state index < -0.39 is 0 Å². The van der Waals surface area contributed by atoms with Crippen LogP contribution in [0.1, 0.15) is 35.6 Å². The zero-order valence-electron chi connectivity index (χ0n) is 16.2. The monoisotopic (exact) mass is 367 g/mol. The second kappa shape index (κ2) is 9.42. The number of nitrogens with one attached hydrogen (secondary N) is 2. The van der Waals surface area contributed by atoms with Gasteiger partial charge in [-0.05, 0) is 56.1 Å². The first-order valence-electron chi connectivity index (χ1n) is 9.61. The first kappa shape index (κ1) is 19.2. The molecule has 5 heteroatoms. The van der Waals surface area contributed by atoms with Gasteiger partial charge in [0.15, 0.2) is 0 Å². The summed E-state index contributed by atoms with van der Waals surface area (Å²) in [5, 5.41) is 5.99. The molecule has 1 heterocycles. The van der Waals surface area contributed by atoms with E-state index in [-0.39, 0.29) is 12.1 Å². The third kappa shape index (κ3) is 5.47. The number of hydrogen-bond acceptors (Lipinski definition) is 3. The van der Waals surface area contributed by atoms with Crippen LogP contribution in [0, 0.1) is 6.92 Å². The number of rotatable bonds is 7. The number of carbonyl (C=O) groups is 1. The number of benzene rings is 2. The molecule has 1 atom stereocenters. The molecule has 0 aromatic heterocycles. The molecule has 0 spiro atoms. The van der Waals surface area contributed by atoms with E-state index in [1.165, 1.54) is 24.0 Å². The van der Waals surface area contributed by atoms with Gasteiger partial charge in [-0.15, -0.1) is 0 Å². The van der Waals surface area contributed by atoms with Crippen LogP contribution in [0.25, 0.3) is 0 Å². The molecule has 5 nitrogen and oxygen atoms in total. The maximum atomic E-state index is 12.3. The van der Waals surface area contributed by atoms with Crippen molar-refractivity contribution >= 4 is 6.03 Å². The maximum Gasteiger partial charge on any atom is 0.315 e. The highest BCUT2D eigenvalue weighted by Gasteiger charge is 2.24. The number of methoxy groups -OCH3 is 1. The van der Waals surface area contributed by atoms with Crippen LogP contribution in [-0.4, -0.2) is 37.7 Å². The van der Waals surface area contributed by atoms with Crippen LogP contribution in [-0.2, 0) is 6.54 Å². The van der Waals surface area contributed by atoms with E-state index in [2.05, 4.69) is 46.7 Å². The number of likely N-dealkylation sites (tertiary alicyclic amines) is 1. The fourth-order valence-corrected chi connectivity index (χ4v) is 3.48. The molecular formula is C22H29N3O2. The molecule has 27 heavy (non-hydrogen) atoms. The number of urea groups is 1. The third-order valence-electron chi connectivity index (χ3n) is 5.11. The smallest absolute Gasteiger partial charge is 0.315 e. The van der Waals surface area contributed by atoms with Crippen molar-refractivity contribution in [2.45, 2.75) is 32.4 Å². The summed E-state index contributed by atoms with van der Waals surface area (Å²) in [6.45, 7) is 5.32. The van der Waals surface area contributed by atoms with Crippen molar-refractivity contribution < 1.29 is 9.53 Å². The lowest BCUT2D eigenvalue weighted by molar-refractivity contribution is 0.220. The summed E-state index contributed by atoms with van der Waals surface area (Å²) < 4.78 is 5.26. The molecule has 2 aromatic rings. The summed E-state index contributed by atoms with van der Waals surface area (Å²) in [6, 6.07) is 16.4. The molecule has 144 valence electrons. The van der Waals surface area contributed by atoms with Crippen molar-refractivity contribution in [2.75, 3.05) is 26.7 Å². The summed E-state index contributed by atoms with van der Waals surface area (Å²) in [5.41, 5.74) is 3.52. The Labute approximate surface area is 161 Å². The van der Waals surface area contributed by atoms with Crippen LogP contribution in [0.4, 0.5) is 4.79 Å². The van der Waals surface area contributed by atoms with E-state index >= 15 is 0 Å². The summed E-state index contributed by atoms with van der Waals surface area (Å²) >= 11 is 0. The van der Waals surface area contributed by atoms with Crippen molar-refractivity contribution in [3.8, 4) is 5.75 Å². The van der Waals surface area contributed by atoms with Gasteiger partial charge < -0.3 is 15.4 Å². The molecular weight excluding hydrogens is 338 g/mol. The molecule has 1 aliphatic rings. The molecule has 0 bridgehead atoms. The molecule has 2 aromatic carbocycles. The minimum absolute atomic E-state index is 0.131. The second-order valence-corrected chi connectivity index (χ2v) is 7.08. The zero-order chi connectivity index (χ0) is 19.1. The maximum absolute atomic E-state index is 12.3. The molecule has 1 saturated heterocycles. The quantitative estimate of drug-likeness (QED) is 0.786. The predicted octanol–water partition coefficient (Wildman–Crippen LogP) is 3.64. The molecule has 0 unspecified atom stereocenters. The minimum atomic E-state index is -0.131. The molecule has 1 fully saturated rings. The predicted molar refractivity (Wildman–Crippen MR) is 108 cm³/mol. The van der Waals surface area contributed by atoms with E-state index in [1.54, 1.807) is 7.11 Å². The van der Waals surface area contributed by atoms with Crippen molar-refractivity contribution in [2.24, 2.45) is 0 Å². The van der Waals surface area contributed by atoms with Gasteiger partial charge in [-0.25, -0.2) is 4.79 Å². The van der Waals surface area contributed by atoms with Crippen LogP contribution in [0.15, 0.2) is 48.5 Å². The Morgan fingerprint density at radius 1 is 1.04 bits per heavy atom. The first-order chi connectivity index (χ1) is 13.2. The molecule has 0 saturated carbocycles. The largest absolute Gasteiger partial charge is 0.497 e. The van der Waals surface area contributed by atoms with E-state index in [1.807, 2.05) is 24.3 Å². The third-order valence-corrected chi connectivity index (χ3v) is 5.11. The SMILES string of the molecule is COc1ccc([C@@H](CNC(=O)NCc2ccc(C)cc2)N2CCCC2)cc1. The van der Waals surface area contributed by atoms with Crippen LogP contribution >= 0.6 is 0 Å². The van der Waals surface area contributed by atoms with Gasteiger partial charge in [0.1, 0.15) is 5.75 Å². The Kier molecular flexibility index (Phi) is 6.71. The number of carbonyl (C=O) groups excluding carboxylic acids is 1. The average molecular weight is 367 g/mol. The van der Waals surface area contributed by atoms with Gasteiger partial charge in [0.05, 0.1) is 13.2 Å². The Morgan fingerprint density at radius 3 is 2.33 bits per heavy atom. The molecule has 2 amide bonds. The van der Waals surface area contributed by atoms with Gasteiger partial charge >= 0.3 is 6.03 Å². The van der Waals surface area contributed by atoms with E-state index in [0.29, 0.717) is 13.1 Å². The van der Waals surface area contributed by atoms with Crippen LogP contribution in [0.5, 0.6) is 5.75 Å². The average Bonchev–Trinajstić information content (AvgIpc) is 3.23. The van der Waals surface area contributed by atoms with Gasteiger partial charge in [0.2, 0.25) is 0 Å². The van der Waals surface area contributed by atoms with Crippen molar-refractivity contribution in [1.82, 2.24) is 15.5 Å². The molecule has 3 rings (SSSR count). The normalized spacial score (nSPS) is 15.3. The Bertz CT molecular complexity index is 722. The van der Waals surface area contributed by atoms with Gasteiger partial charge in [-0.3, -0.25) is 4.90 Å². The van der Waals surface area contributed by atoms with Crippen molar-refractivity contribution in [1.29, 1.82) is 0 Å². The van der Waals surface area contributed by atoms with Gasteiger partial charge in [0.25, 0.3) is 0 Å². The van der Waals surface area contributed by atoms with Gasteiger partial charge in [0, 0.05) is 13.1 Å². The van der Waals surface area contributed by atoms with E-state index in [0.717, 1.165) is 24.4 Å². The summed E-state index contributed by atoms with van der Waals surface area (Å²) in [4.78, 5) is 14.7. The Morgan fingerprint density at radius 2 is 1.70 bits per heavy atom. The molecule has 0 aliphatic carbocycles. The second-order valence-electron chi connectivity index (χ2n) is 7.08. The number of nitrogens with zero attached hydrogens (tertiary/aromatic N) is 1. The fraction of sp³-hybridized carbons (Fsp3) is 0.409. The lowest BCUT2D eigenvalue weighted by atomic mass is 10.1. The standard InChI is InChI=1S/C22H29N3O2/c1-17-5-7-18(8-6-17)15-23-22(26)24-16-21(25-13-3-4-14-25)19-9-11-20(27-2)12-10-19/h5-12,21H,3-4,13-16H2,1-2H3,(H2,23,24,26)/t21-/m1/s1. The van der Waals surface area contributed by atoms with E-state index in [4.69, 9.17) is 4.74 Å². The molecule has 1 aliphatic heterocycles. The summed E-state index contributed by atoms with van der Waals surface area (Å²) in [7, 11) is 1.67. The Balaban J connectivity index is 1.56. The van der Waals surface area contributed by atoms with E-state index in [9.17, 15) is 4.79 Å². The number of hydrogen-bond donors (Lipinski definition) is 2. The van der Waals surface area contributed by atoms with Crippen molar-refractivity contribution in [3.63, 3.8) is 0 Å². The lowest BCUT2D eigenvalue weighted by Gasteiger charge is -2.28. The summed E-state index contributed by atoms with van der Waals surface area (Å²) in [6.07, 6.45) is 2.43. The molecule has 0 radical (unpaired) electrons. The van der Waals surface area contributed by atoms with Crippen LogP contribution in [0.2, 0.25) is 0 Å².